The van der Waals surface area contributed by atoms with Crippen molar-refractivity contribution in [1.82, 2.24) is 14.8 Å². The summed E-state index contributed by atoms with van der Waals surface area (Å²) in [7, 11) is 1.86. The van der Waals surface area contributed by atoms with Gasteiger partial charge in [0, 0.05) is 7.05 Å². The molecule has 0 spiro atoms. The lowest BCUT2D eigenvalue weighted by Crippen LogP contribution is -2.05. The van der Waals surface area contributed by atoms with Crippen molar-refractivity contribution in [3.63, 3.8) is 0 Å². The molecule has 5 heteroatoms. The zero-order valence-corrected chi connectivity index (χ0v) is 7.27. The number of hydrogen-bond donors (Lipinski definition) is 1. The Kier molecular flexibility index (Phi) is 1.86. The first kappa shape index (κ1) is 8.00. The van der Waals surface area contributed by atoms with Gasteiger partial charge in [0.05, 0.1) is 12.8 Å². The molecule has 0 unspecified atom stereocenters. The van der Waals surface area contributed by atoms with Crippen LogP contribution in [0.2, 0.25) is 0 Å². The van der Waals surface area contributed by atoms with Gasteiger partial charge in [0.15, 0.2) is 11.6 Å². The third kappa shape index (κ3) is 1.23. The van der Waals surface area contributed by atoms with Crippen LogP contribution in [-0.4, -0.2) is 14.8 Å². The van der Waals surface area contributed by atoms with Crippen LogP contribution in [0, 0.1) is 0 Å². The van der Waals surface area contributed by atoms with E-state index in [2.05, 4.69) is 10.2 Å². The fourth-order valence-corrected chi connectivity index (χ4v) is 1.16. The smallest absolute Gasteiger partial charge is 0.199 e. The van der Waals surface area contributed by atoms with Crippen molar-refractivity contribution >= 4 is 0 Å². The Morgan fingerprint density at radius 3 is 2.92 bits per heavy atom. The van der Waals surface area contributed by atoms with Crippen LogP contribution in [0.4, 0.5) is 0 Å². The molecule has 0 aliphatic carbocycles. The molecule has 2 aromatic heterocycles. The van der Waals surface area contributed by atoms with E-state index in [1.54, 1.807) is 6.26 Å². The van der Waals surface area contributed by atoms with E-state index < -0.39 is 0 Å². The minimum absolute atomic E-state index is 0.379. The third-order valence-electron chi connectivity index (χ3n) is 1.89. The van der Waals surface area contributed by atoms with E-state index in [1.807, 2.05) is 23.7 Å². The van der Waals surface area contributed by atoms with Gasteiger partial charge in [-0.2, -0.15) is 0 Å². The first-order chi connectivity index (χ1) is 6.33. The Labute approximate surface area is 75.2 Å². The van der Waals surface area contributed by atoms with Gasteiger partial charge in [-0.05, 0) is 12.1 Å². The fourth-order valence-electron chi connectivity index (χ4n) is 1.16. The standard InChI is InChI=1S/C8H10N4O/c1-12-7(5-9)10-11-8(12)6-3-2-4-13-6/h2-4H,5,9H2,1H3. The van der Waals surface area contributed by atoms with E-state index >= 15 is 0 Å². The van der Waals surface area contributed by atoms with Crippen molar-refractivity contribution in [2.75, 3.05) is 0 Å². The van der Waals surface area contributed by atoms with Crippen LogP contribution in [0.25, 0.3) is 11.6 Å². The van der Waals surface area contributed by atoms with Crippen LogP contribution in [0.3, 0.4) is 0 Å². The van der Waals surface area contributed by atoms with E-state index in [0.29, 0.717) is 18.1 Å². The molecule has 0 bridgehead atoms. The molecule has 2 rings (SSSR count). The highest BCUT2D eigenvalue weighted by Crippen LogP contribution is 2.16. The average molecular weight is 178 g/mol. The highest BCUT2D eigenvalue weighted by Gasteiger charge is 2.10. The van der Waals surface area contributed by atoms with Gasteiger partial charge in [-0.1, -0.05) is 0 Å². The highest BCUT2D eigenvalue weighted by molar-refractivity contribution is 5.46. The van der Waals surface area contributed by atoms with Crippen molar-refractivity contribution in [2.24, 2.45) is 12.8 Å². The minimum atomic E-state index is 0.379. The molecule has 0 aromatic carbocycles. The monoisotopic (exact) mass is 178 g/mol. The summed E-state index contributed by atoms with van der Waals surface area (Å²) in [6.45, 7) is 0.379. The van der Waals surface area contributed by atoms with Crippen molar-refractivity contribution in [2.45, 2.75) is 6.54 Å². The predicted octanol–water partition coefficient (Wildman–Crippen LogP) is 0.534. The molecule has 2 N–H and O–H groups in total. The van der Waals surface area contributed by atoms with E-state index in [4.69, 9.17) is 10.2 Å². The van der Waals surface area contributed by atoms with Gasteiger partial charge >= 0.3 is 0 Å². The molecule has 68 valence electrons. The largest absolute Gasteiger partial charge is 0.461 e. The Morgan fingerprint density at radius 2 is 2.38 bits per heavy atom. The van der Waals surface area contributed by atoms with Crippen molar-refractivity contribution in [3.8, 4) is 11.6 Å². The maximum atomic E-state index is 5.46. The SMILES string of the molecule is Cn1c(CN)nnc1-c1ccco1. The van der Waals surface area contributed by atoms with Crippen LogP contribution >= 0.6 is 0 Å². The molecule has 0 aliphatic heterocycles. The molecular formula is C8H10N4O. The number of aromatic nitrogens is 3. The summed E-state index contributed by atoms with van der Waals surface area (Å²) >= 11 is 0. The van der Waals surface area contributed by atoms with Gasteiger partial charge < -0.3 is 14.7 Å². The Hall–Kier alpha value is -1.62. The molecule has 0 radical (unpaired) electrons. The lowest BCUT2D eigenvalue weighted by Gasteiger charge is -1.98. The maximum Gasteiger partial charge on any atom is 0.199 e. The lowest BCUT2D eigenvalue weighted by molar-refractivity contribution is 0.573. The van der Waals surface area contributed by atoms with Gasteiger partial charge in [0.1, 0.15) is 5.82 Å². The van der Waals surface area contributed by atoms with E-state index in [0.717, 1.165) is 5.82 Å². The van der Waals surface area contributed by atoms with Crippen LogP contribution in [0.1, 0.15) is 5.82 Å². The molecule has 0 saturated heterocycles. The summed E-state index contributed by atoms with van der Waals surface area (Å²) in [4.78, 5) is 0. The molecule has 13 heavy (non-hydrogen) atoms. The Morgan fingerprint density at radius 1 is 1.54 bits per heavy atom. The molecule has 5 nitrogen and oxygen atoms in total. The molecule has 2 aromatic rings. The lowest BCUT2D eigenvalue weighted by atomic mass is 10.4. The summed E-state index contributed by atoms with van der Waals surface area (Å²) in [6, 6.07) is 3.65. The van der Waals surface area contributed by atoms with Crippen LogP contribution in [0.15, 0.2) is 22.8 Å². The van der Waals surface area contributed by atoms with Crippen LogP contribution in [-0.2, 0) is 13.6 Å². The van der Waals surface area contributed by atoms with Crippen LogP contribution in [0.5, 0.6) is 0 Å². The topological polar surface area (TPSA) is 69.9 Å². The third-order valence-corrected chi connectivity index (χ3v) is 1.89. The van der Waals surface area contributed by atoms with E-state index in [9.17, 15) is 0 Å². The normalized spacial score (nSPS) is 10.6. The number of rotatable bonds is 2. The van der Waals surface area contributed by atoms with Crippen molar-refractivity contribution in [1.29, 1.82) is 0 Å². The first-order valence-electron chi connectivity index (χ1n) is 3.95. The molecule has 0 aliphatic rings. The quantitative estimate of drug-likeness (QED) is 0.728. The van der Waals surface area contributed by atoms with Crippen molar-refractivity contribution in [3.05, 3.63) is 24.2 Å². The molecule has 0 atom stereocenters. The van der Waals surface area contributed by atoms with Crippen LogP contribution < -0.4 is 5.73 Å². The number of nitrogens with zero attached hydrogens (tertiary/aromatic N) is 3. The number of furan rings is 1. The zero-order chi connectivity index (χ0) is 9.26. The maximum absolute atomic E-state index is 5.46. The second-order valence-corrected chi connectivity index (χ2v) is 2.68. The molecule has 2 heterocycles. The second-order valence-electron chi connectivity index (χ2n) is 2.68. The molecule has 0 fully saturated rings. The Bertz CT molecular complexity index is 390. The van der Waals surface area contributed by atoms with Gasteiger partial charge in [0.2, 0.25) is 0 Å². The molecule has 0 saturated carbocycles. The summed E-state index contributed by atoms with van der Waals surface area (Å²) in [6.07, 6.45) is 1.60. The summed E-state index contributed by atoms with van der Waals surface area (Å²) in [5.74, 6) is 2.14. The van der Waals surface area contributed by atoms with Gasteiger partial charge in [-0.25, -0.2) is 0 Å². The summed E-state index contributed by atoms with van der Waals surface area (Å²) in [5.41, 5.74) is 5.46. The second kappa shape index (κ2) is 3.02. The molecule has 0 amide bonds. The minimum Gasteiger partial charge on any atom is -0.461 e. The fraction of sp³-hybridized carbons (Fsp3) is 0.250. The summed E-state index contributed by atoms with van der Waals surface area (Å²) < 4.78 is 7.01. The Balaban J connectivity index is 2.48. The van der Waals surface area contributed by atoms with Gasteiger partial charge in [-0.3, -0.25) is 0 Å². The van der Waals surface area contributed by atoms with E-state index in [-0.39, 0.29) is 0 Å². The van der Waals surface area contributed by atoms with Gasteiger partial charge in [-0.15, -0.1) is 10.2 Å². The first-order valence-corrected chi connectivity index (χ1v) is 3.95. The number of nitrogens with two attached hydrogens (primary N) is 1. The number of hydrogen-bond acceptors (Lipinski definition) is 4. The average Bonchev–Trinajstić information content (AvgIpc) is 2.72. The highest BCUT2D eigenvalue weighted by atomic mass is 16.3. The van der Waals surface area contributed by atoms with Crippen molar-refractivity contribution < 1.29 is 4.42 Å². The van der Waals surface area contributed by atoms with Gasteiger partial charge in [0.25, 0.3) is 0 Å². The summed E-state index contributed by atoms with van der Waals surface area (Å²) in [5, 5.41) is 7.89. The zero-order valence-electron chi connectivity index (χ0n) is 7.27. The van der Waals surface area contributed by atoms with E-state index in [1.165, 1.54) is 0 Å². The predicted molar refractivity (Wildman–Crippen MR) is 46.6 cm³/mol. The molecular weight excluding hydrogens is 168 g/mol.